The minimum Gasteiger partial charge on any atom is -0.346 e. The number of aromatic nitrogens is 2. The number of aryl methyl sites for hydroxylation is 1. The van der Waals surface area contributed by atoms with E-state index in [9.17, 15) is 9.18 Å². The van der Waals surface area contributed by atoms with Crippen molar-refractivity contribution in [2.75, 3.05) is 13.6 Å². The summed E-state index contributed by atoms with van der Waals surface area (Å²) in [5, 5.41) is 7.38. The fourth-order valence-corrected chi connectivity index (χ4v) is 3.97. The van der Waals surface area contributed by atoms with Crippen LogP contribution in [0, 0.1) is 11.7 Å². The first-order valence-corrected chi connectivity index (χ1v) is 10.3. The van der Waals surface area contributed by atoms with Gasteiger partial charge in [0.1, 0.15) is 5.82 Å². The van der Waals surface area contributed by atoms with Crippen molar-refractivity contribution >= 4 is 5.91 Å². The summed E-state index contributed by atoms with van der Waals surface area (Å²) in [4.78, 5) is 14.4. The second-order valence-electron chi connectivity index (χ2n) is 7.98. The van der Waals surface area contributed by atoms with E-state index < -0.39 is 0 Å². The maximum absolute atomic E-state index is 13.0. The third kappa shape index (κ3) is 5.64. The number of unbranched alkanes of at least 4 members (excludes halogenated alkanes) is 2. The molecule has 0 saturated heterocycles. The maximum atomic E-state index is 13.0. The van der Waals surface area contributed by atoms with Gasteiger partial charge in [-0.2, -0.15) is 5.10 Å². The molecule has 0 spiro atoms. The minimum absolute atomic E-state index is 0.114. The van der Waals surface area contributed by atoms with Crippen molar-refractivity contribution in [3.8, 4) is 11.3 Å². The fourth-order valence-electron chi connectivity index (χ4n) is 3.97. The van der Waals surface area contributed by atoms with Gasteiger partial charge in [-0.1, -0.05) is 12.8 Å². The summed E-state index contributed by atoms with van der Waals surface area (Å²) in [6.07, 6.45) is 7.95. The summed E-state index contributed by atoms with van der Waals surface area (Å²) in [6.45, 7) is 0.800. The minimum atomic E-state index is -0.241. The molecule has 1 aromatic heterocycles. The van der Waals surface area contributed by atoms with Crippen LogP contribution in [0.2, 0.25) is 0 Å². The zero-order valence-electron chi connectivity index (χ0n) is 16.7. The summed E-state index contributed by atoms with van der Waals surface area (Å²) in [5.41, 5.74) is 8.84. The van der Waals surface area contributed by atoms with E-state index in [1.807, 2.05) is 18.0 Å². The van der Waals surface area contributed by atoms with Crippen LogP contribution < -0.4 is 5.73 Å². The Kier molecular flexibility index (Phi) is 7.20. The highest BCUT2D eigenvalue weighted by molar-refractivity contribution is 5.78. The van der Waals surface area contributed by atoms with Crippen molar-refractivity contribution in [2.45, 2.75) is 57.4 Å². The Balaban J connectivity index is 1.35. The molecule has 2 unspecified atom stereocenters. The van der Waals surface area contributed by atoms with E-state index in [-0.39, 0.29) is 23.7 Å². The maximum Gasteiger partial charge on any atom is 0.225 e. The summed E-state index contributed by atoms with van der Waals surface area (Å²) in [5.74, 6) is 0.130. The SMILES string of the molecule is CN(CCCCCc1cc(-c2ccc(F)cc2)n[nH]1)C(=O)C1CCCC(N)C1. The molecule has 6 heteroatoms. The number of hydrogen-bond acceptors (Lipinski definition) is 3. The lowest BCUT2D eigenvalue weighted by atomic mass is 9.85. The van der Waals surface area contributed by atoms with Gasteiger partial charge in [0.25, 0.3) is 0 Å². The monoisotopic (exact) mass is 386 g/mol. The van der Waals surface area contributed by atoms with Gasteiger partial charge in [-0.15, -0.1) is 0 Å². The predicted molar refractivity (Wildman–Crippen MR) is 109 cm³/mol. The lowest BCUT2D eigenvalue weighted by Gasteiger charge is -2.29. The summed E-state index contributed by atoms with van der Waals surface area (Å²) in [6, 6.07) is 8.58. The third-order valence-electron chi connectivity index (χ3n) is 5.65. The molecule has 1 aromatic carbocycles. The molecule has 3 rings (SSSR count). The van der Waals surface area contributed by atoms with Crippen LogP contribution in [0.25, 0.3) is 11.3 Å². The van der Waals surface area contributed by atoms with Crippen LogP contribution in [0.3, 0.4) is 0 Å². The Morgan fingerprint density at radius 2 is 2.04 bits per heavy atom. The van der Waals surface area contributed by atoms with Crippen molar-refractivity contribution in [3.63, 3.8) is 0 Å². The van der Waals surface area contributed by atoms with E-state index in [1.54, 1.807) is 12.1 Å². The Morgan fingerprint density at radius 3 is 2.79 bits per heavy atom. The Bertz CT molecular complexity index is 758. The molecule has 1 aliphatic rings. The first-order chi connectivity index (χ1) is 13.5. The van der Waals surface area contributed by atoms with Crippen molar-refractivity contribution in [1.29, 1.82) is 0 Å². The highest BCUT2D eigenvalue weighted by Crippen LogP contribution is 2.25. The molecule has 0 bridgehead atoms. The van der Waals surface area contributed by atoms with Gasteiger partial charge < -0.3 is 10.6 Å². The average Bonchev–Trinajstić information content (AvgIpc) is 3.16. The number of nitrogens with two attached hydrogens (primary N) is 1. The van der Waals surface area contributed by atoms with E-state index in [1.165, 1.54) is 12.1 Å². The number of halogens is 1. The summed E-state index contributed by atoms with van der Waals surface area (Å²) in [7, 11) is 1.91. The Morgan fingerprint density at radius 1 is 1.25 bits per heavy atom. The molecular weight excluding hydrogens is 355 g/mol. The molecule has 0 radical (unpaired) electrons. The number of H-pyrrole nitrogens is 1. The van der Waals surface area contributed by atoms with Gasteiger partial charge in [-0.25, -0.2) is 4.39 Å². The highest BCUT2D eigenvalue weighted by Gasteiger charge is 2.27. The molecule has 2 aromatic rings. The quantitative estimate of drug-likeness (QED) is 0.676. The van der Waals surface area contributed by atoms with Crippen molar-refractivity contribution in [1.82, 2.24) is 15.1 Å². The number of aromatic amines is 1. The normalized spacial score (nSPS) is 19.5. The van der Waals surface area contributed by atoms with Crippen molar-refractivity contribution < 1.29 is 9.18 Å². The average molecular weight is 387 g/mol. The molecule has 1 saturated carbocycles. The first-order valence-electron chi connectivity index (χ1n) is 10.3. The molecule has 1 fully saturated rings. The van der Waals surface area contributed by atoms with Gasteiger partial charge in [0.2, 0.25) is 5.91 Å². The summed E-state index contributed by atoms with van der Waals surface area (Å²) >= 11 is 0. The zero-order chi connectivity index (χ0) is 19.9. The number of carbonyl (C=O) groups excluding carboxylic acids is 1. The molecule has 1 heterocycles. The third-order valence-corrected chi connectivity index (χ3v) is 5.65. The van der Waals surface area contributed by atoms with Gasteiger partial charge in [0, 0.05) is 36.8 Å². The molecule has 2 atom stereocenters. The van der Waals surface area contributed by atoms with Crippen molar-refractivity contribution in [2.24, 2.45) is 11.7 Å². The van der Waals surface area contributed by atoms with Crippen LogP contribution in [-0.4, -0.2) is 40.6 Å². The molecule has 5 nitrogen and oxygen atoms in total. The molecule has 152 valence electrons. The molecule has 0 aliphatic heterocycles. The number of rotatable bonds is 8. The molecular formula is C22H31FN4O. The number of hydrogen-bond donors (Lipinski definition) is 2. The number of benzene rings is 1. The molecule has 1 amide bonds. The lowest BCUT2D eigenvalue weighted by molar-refractivity contribution is -0.135. The fraction of sp³-hybridized carbons (Fsp3) is 0.545. The number of nitrogens with one attached hydrogen (secondary N) is 1. The first kappa shape index (κ1) is 20.5. The standard InChI is InChI=1S/C22H31FN4O/c1-27(22(28)17-6-5-7-19(24)14-17)13-4-2-3-8-20-15-21(26-25-20)16-9-11-18(23)12-10-16/h9-12,15,17,19H,2-8,13-14,24H2,1H3,(H,25,26). The van der Waals surface area contributed by atoms with Gasteiger partial charge in [0.05, 0.1) is 5.69 Å². The van der Waals surface area contributed by atoms with Gasteiger partial charge >= 0.3 is 0 Å². The zero-order valence-corrected chi connectivity index (χ0v) is 16.7. The van der Waals surface area contributed by atoms with Gasteiger partial charge in [0.15, 0.2) is 0 Å². The van der Waals surface area contributed by atoms with Crippen LogP contribution in [0.1, 0.15) is 50.6 Å². The largest absolute Gasteiger partial charge is 0.346 e. The van der Waals surface area contributed by atoms with Crippen LogP contribution in [-0.2, 0) is 11.2 Å². The smallest absolute Gasteiger partial charge is 0.225 e. The van der Waals surface area contributed by atoms with E-state index in [4.69, 9.17) is 5.73 Å². The second kappa shape index (κ2) is 9.82. The van der Waals surface area contributed by atoms with Crippen molar-refractivity contribution in [3.05, 3.63) is 41.8 Å². The van der Waals surface area contributed by atoms with Crippen LogP contribution in [0.15, 0.2) is 30.3 Å². The molecule has 28 heavy (non-hydrogen) atoms. The number of nitrogens with zero attached hydrogens (tertiary/aromatic N) is 2. The van der Waals surface area contributed by atoms with E-state index in [0.717, 1.165) is 74.9 Å². The number of carbonyl (C=O) groups is 1. The van der Waals surface area contributed by atoms with E-state index >= 15 is 0 Å². The topological polar surface area (TPSA) is 75.0 Å². The van der Waals surface area contributed by atoms with Gasteiger partial charge in [-0.3, -0.25) is 9.89 Å². The Labute approximate surface area is 166 Å². The number of amides is 1. The van der Waals surface area contributed by atoms with Crippen LogP contribution in [0.5, 0.6) is 0 Å². The lowest BCUT2D eigenvalue weighted by Crippen LogP contribution is -2.39. The highest BCUT2D eigenvalue weighted by atomic mass is 19.1. The predicted octanol–water partition coefficient (Wildman–Crippen LogP) is 3.90. The molecule has 3 N–H and O–H groups in total. The van der Waals surface area contributed by atoms with E-state index in [0.29, 0.717) is 0 Å². The second-order valence-corrected chi connectivity index (χ2v) is 7.98. The Hall–Kier alpha value is -2.21. The van der Waals surface area contributed by atoms with E-state index in [2.05, 4.69) is 10.2 Å². The van der Waals surface area contributed by atoms with Crippen LogP contribution >= 0.6 is 0 Å². The summed E-state index contributed by atoms with van der Waals surface area (Å²) < 4.78 is 13.0. The van der Waals surface area contributed by atoms with Crippen LogP contribution in [0.4, 0.5) is 4.39 Å². The molecule has 1 aliphatic carbocycles. The van der Waals surface area contributed by atoms with Gasteiger partial charge in [-0.05, 0) is 68.9 Å².